The van der Waals surface area contributed by atoms with Gasteiger partial charge in [-0.3, -0.25) is 14.6 Å². The van der Waals surface area contributed by atoms with E-state index in [1.54, 1.807) is 30.6 Å². The summed E-state index contributed by atoms with van der Waals surface area (Å²) in [6.45, 7) is 0.216. The molecule has 0 bridgehead atoms. The fourth-order valence-electron chi connectivity index (χ4n) is 1.75. The number of aromatic nitrogens is 1. The molecule has 0 aliphatic rings. The molecule has 0 atom stereocenters. The summed E-state index contributed by atoms with van der Waals surface area (Å²) in [5, 5.41) is 15.6. The van der Waals surface area contributed by atoms with E-state index in [4.69, 9.17) is 4.74 Å². The van der Waals surface area contributed by atoms with Gasteiger partial charge in [-0.2, -0.15) is 5.10 Å². The molecule has 2 amide bonds. The van der Waals surface area contributed by atoms with Crippen LogP contribution in [-0.2, 0) is 16.1 Å². The first-order valence-electron chi connectivity index (χ1n) is 6.97. The van der Waals surface area contributed by atoms with Gasteiger partial charge < -0.3 is 15.2 Å². The molecular weight excluding hydrogens is 312 g/mol. The van der Waals surface area contributed by atoms with Crippen LogP contribution in [0, 0.1) is 0 Å². The van der Waals surface area contributed by atoms with Crippen molar-refractivity contribution in [3.63, 3.8) is 0 Å². The van der Waals surface area contributed by atoms with Gasteiger partial charge in [-0.15, -0.1) is 0 Å². The number of hydrogen-bond donors (Lipinski definition) is 3. The van der Waals surface area contributed by atoms with E-state index >= 15 is 0 Å². The maximum absolute atomic E-state index is 11.6. The van der Waals surface area contributed by atoms with Crippen LogP contribution < -0.4 is 15.5 Å². The van der Waals surface area contributed by atoms with Gasteiger partial charge in [-0.05, 0) is 41.5 Å². The van der Waals surface area contributed by atoms with Crippen molar-refractivity contribution >= 4 is 18.0 Å². The highest BCUT2D eigenvalue weighted by molar-refractivity contribution is 6.35. The van der Waals surface area contributed by atoms with E-state index < -0.39 is 11.8 Å². The van der Waals surface area contributed by atoms with Gasteiger partial charge in [0, 0.05) is 18.9 Å². The van der Waals surface area contributed by atoms with Crippen molar-refractivity contribution in [2.45, 2.75) is 6.54 Å². The molecule has 0 saturated carbocycles. The number of methoxy groups -OCH3 is 1. The lowest BCUT2D eigenvalue weighted by Gasteiger charge is -2.04. The standard InChI is InChI=1S/C16H16N4O4/c1-24-14-8-12(2-3-13(14)21)10-19-20-16(23)15(22)18-9-11-4-6-17-7-5-11/h2-8,10,21H,9H2,1H3,(H,18,22)(H,20,23)/b19-10-. The lowest BCUT2D eigenvalue weighted by atomic mass is 10.2. The van der Waals surface area contributed by atoms with E-state index in [1.807, 2.05) is 0 Å². The molecule has 0 fully saturated rings. The van der Waals surface area contributed by atoms with Crippen LogP contribution in [0.15, 0.2) is 47.8 Å². The zero-order valence-electron chi connectivity index (χ0n) is 12.9. The van der Waals surface area contributed by atoms with Crippen LogP contribution in [0.4, 0.5) is 0 Å². The van der Waals surface area contributed by atoms with Crippen molar-refractivity contribution in [1.82, 2.24) is 15.7 Å². The van der Waals surface area contributed by atoms with Crippen molar-refractivity contribution in [3.8, 4) is 11.5 Å². The zero-order valence-corrected chi connectivity index (χ0v) is 12.9. The third-order valence-electron chi connectivity index (χ3n) is 2.99. The Labute approximate surface area is 138 Å². The van der Waals surface area contributed by atoms with Crippen LogP contribution in [-0.4, -0.2) is 35.2 Å². The molecule has 8 heteroatoms. The van der Waals surface area contributed by atoms with E-state index in [2.05, 4.69) is 20.8 Å². The summed E-state index contributed by atoms with van der Waals surface area (Å²) in [5.74, 6) is -1.41. The summed E-state index contributed by atoms with van der Waals surface area (Å²) in [4.78, 5) is 27.1. The molecule has 0 spiro atoms. The van der Waals surface area contributed by atoms with E-state index in [-0.39, 0.29) is 18.0 Å². The Hall–Kier alpha value is -3.42. The second-order valence-electron chi connectivity index (χ2n) is 4.67. The van der Waals surface area contributed by atoms with E-state index in [1.165, 1.54) is 25.5 Å². The molecule has 24 heavy (non-hydrogen) atoms. The predicted octanol–water partition coefficient (Wildman–Crippen LogP) is 0.562. The first kappa shape index (κ1) is 16.9. The van der Waals surface area contributed by atoms with Crippen molar-refractivity contribution in [3.05, 3.63) is 53.9 Å². The van der Waals surface area contributed by atoms with Gasteiger partial charge in [0.1, 0.15) is 0 Å². The number of aromatic hydroxyl groups is 1. The van der Waals surface area contributed by atoms with E-state index in [9.17, 15) is 14.7 Å². The van der Waals surface area contributed by atoms with Crippen molar-refractivity contribution < 1.29 is 19.4 Å². The Morgan fingerprint density at radius 2 is 2.00 bits per heavy atom. The maximum atomic E-state index is 11.6. The molecule has 1 heterocycles. The number of benzene rings is 1. The summed E-state index contributed by atoms with van der Waals surface area (Å²) in [6, 6.07) is 8.01. The number of hydrogen-bond acceptors (Lipinski definition) is 6. The van der Waals surface area contributed by atoms with E-state index in [0.29, 0.717) is 5.56 Å². The number of hydrazone groups is 1. The first-order valence-corrected chi connectivity index (χ1v) is 6.97. The van der Waals surface area contributed by atoms with Gasteiger partial charge in [-0.1, -0.05) is 0 Å². The fourth-order valence-corrected chi connectivity index (χ4v) is 1.75. The molecule has 0 aliphatic carbocycles. The molecular formula is C16H16N4O4. The van der Waals surface area contributed by atoms with Gasteiger partial charge in [0.25, 0.3) is 0 Å². The molecule has 3 N–H and O–H groups in total. The number of phenols is 1. The highest BCUT2D eigenvalue weighted by Crippen LogP contribution is 2.25. The highest BCUT2D eigenvalue weighted by Gasteiger charge is 2.11. The molecule has 8 nitrogen and oxygen atoms in total. The normalized spacial score (nSPS) is 10.4. The number of amides is 2. The maximum Gasteiger partial charge on any atom is 0.329 e. The Kier molecular flexibility index (Phi) is 5.84. The monoisotopic (exact) mass is 328 g/mol. The Morgan fingerprint density at radius 3 is 2.71 bits per heavy atom. The van der Waals surface area contributed by atoms with Gasteiger partial charge in [0.2, 0.25) is 0 Å². The van der Waals surface area contributed by atoms with Crippen molar-refractivity contribution in [2.75, 3.05) is 7.11 Å². The quantitative estimate of drug-likeness (QED) is 0.422. The summed E-state index contributed by atoms with van der Waals surface area (Å²) < 4.78 is 4.96. The number of phenolic OH excluding ortho intramolecular Hbond substituents is 1. The Balaban J connectivity index is 1.84. The van der Waals surface area contributed by atoms with Gasteiger partial charge in [0.15, 0.2) is 11.5 Å². The number of ether oxygens (including phenoxy) is 1. The summed E-state index contributed by atoms with van der Waals surface area (Å²) >= 11 is 0. The van der Waals surface area contributed by atoms with Crippen molar-refractivity contribution in [2.24, 2.45) is 5.10 Å². The predicted molar refractivity (Wildman–Crippen MR) is 86.5 cm³/mol. The second-order valence-corrected chi connectivity index (χ2v) is 4.67. The summed E-state index contributed by atoms with van der Waals surface area (Å²) in [5.41, 5.74) is 3.53. The van der Waals surface area contributed by atoms with Crippen LogP contribution in [0.25, 0.3) is 0 Å². The lowest BCUT2D eigenvalue weighted by molar-refractivity contribution is -0.139. The summed E-state index contributed by atoms with van der Waals surface area (Å²) in [6.07, 6.45) is 4.52. The summed E-state index contributed by atoms with van der Waals surface area (Å²) in [7, 11) is 1.42. The smallest absolute Gasteiger partial charge is 0.329 e. The number of carbonyl (C=O) groups is 2. The molecule has 124 valence electrons. The molecule has 2 aromatic rings. The van der Waals surface area contributed by atoms with Crippen LogP contribution in [0.3, 0.4) is 0 Å². The number of rotatable bonds is 5. The SMILES string of the molecule is COc1cc(/C=N\NC(=O)C(=O)NCc2ccncc2)ccc1O. The topological polar surface area (TPSA) is 113 Å². The van der Waals surface area contributed by atoms with Gasteiger partial charge in [-0.25, -0.2) is 5.43 Å². The molecule has 0 aliphatic heterocycles. The zero-order chi connectivity index (χ0) is 17.4. The molecule has 0 saturated heterocycles. The molecule has 2 rings (SSSR count). The number of pyridine rings is 1. The Morgan fingerprint density at radius 1 is 1.25 bits per heavy atom. The highest BCUT2D eigenvalue weighted by atomic mass is 16.5. The van der Waals surface area contributed by atoms with Gasteiger partial charge in [0.05, 0.1) is 13.3 Å². The van der Waals surface area contributed by atoms with Crippen molar-refractivity contribution in [1.29, 1.82) is 0 Å². The first-order chi connectivity index (χ1) is 11.6. The molecule has 1 aromatic heterocycles. The van der Waals surface area contributed by atoms with Crippen LogP contribution in [0.1, 0.15) is 11.1 Å². The largest absolute Gasteiger partial charge is 0.504 e. The Bertz CT molecular complexity index is 747. The number of carbonyl (C=O) groups excluding carboxylic acids is 2. The molecule has 0 unspecified atom stereocenters. The molecule has 1 aromatic carbocycles. The minimum Gasteiger partial charge on any atom is -0.504 e. The number of nitrogens with one attached hydrogen (secondary N) is 2. The average molecular weight is 328 g/mol. The third kappa shape index (κ3) is 4.80. The third-order valence-corrected chi connectivity index (χ3v) is 2.99. The average Bonchev–Trinajstić information content (AvgIpc) is 2.61. The van der Waals surface area contributed by atoms with Gasteiger partial charge >= 0.3 is 11.8 Å². The molecule has 0 radical (unpaired) electrons. The van der Waals surface area contributed by atoms with Crippen LogP contribution >= 0.6 is 0 Å². The van der Waals surface area contributed by atoms with Crippen LogP contribution in [0.5, 0.6) is 11.5 Å². The second kappa shape index (κ2) is 8.28. The van der Waals surface area contributed by atoms with E-state index in [0.717, 1.165) is 5.56 Å². The number of nitrogens with zero attached hydrogens (tertiary/aromatic N) is 2. The fraction of sp³-hybridized carbons (Fsp3) is 0.125. The minimum absolute atomic E-state index is 0.00539. The van der Waals surface area contributed by atoms with Crippen LogP contribution in [0.2, 0.25) is 0 Å². The minimum atomic E-state index is -0.883. The lowest BCUT2D eigenvalue weighted by Crippen LogP contribution is -2.37.